The fraction of sp³-hybridized carbons (Fsp3) is 0.529. The van der Waals surface area contributed by atoms with Gasteiger partial charge in [0.05, 0.1) is 0 Å². The van der Waals surface area contributed by atoms with E-state index in [4.69, 9.17) is 4.74 Å². The van der Waals surface area contributed by atoms with E-state index in [2.05, 4.69) is 48.8 Å². The summed E-state index contributed by atoms with van der Waals surface area (Å²) >= 11 is 1.85. The fourth-order valence-electron chi connectivity index (χ4n) is 2.63. The molecule has 0 aliphatic carbocycles. The molecule has 0 radical (unpaired) electrons. The van der Waals surface area contributed by atoms with Gasteiger partial charge in [-0.25, -0.2) is 0 Å². The van der Waals surface area contributed by atoms with Crippen molar-refractivity contribution in [3.63, 3.8) is 0 Å². The van der Waals surface area contributed by atoms with E-state index in [0.29, 0.717) is 12.0 Å². The molecule has 2 aromatic rings. The number of benzene rings is 1. The van der Waals surface area contributed by atoms with E-state index < -0.39 is 0 Å². The van der Waals surface area contributed by atoms with Crippen molar-refractivity contribution in [1.82, 2.24) is 5.32 Å². The summed E-state index contributed by atoms with van der Waals surface area (Å²) in [4.78, 5) is 0. The minimum Gasteiger partial charge on any atom is -0.385 e. The van der Waals surface area contributed by atoms with Crippen LogP contribution in [-0.2, 0) is 4.74 Å². The topological polar surface area (TPSA) is 21.3 Å². The first kappa shape index (κ1) is 15.5. The average Bonchev–Trinajstić information content (AvgIpc) is 2.89. The lowest BCUT2D eigenvalue weighted by Crippen LogP contribution is -2.28. The van der Waals surface area contributed by atoms with Crippen LogP contribution >= 0.6 is 11.3 Å². The average molecular weight is 291 g/mol. The Morgan fingerprint density at radius 1 is 1.30 bits per heavy atom. The number of ether oxygens (including phenoxy) is 1. The lowest BCUT2D eigenvalue weighted by atomic mass is 9.91. The molecule has 1 N–H and O–H groups in total. The van der Waals surface area contributed by atoms with Gasteiger partial charge in [0.25, 0.3) is 0 Å². The predicted molar refractivity (Wildman–Crippen MR) is 88.5 cm³/mol. The van der Waals surface area contributed by atoms with Gasteiger partial charge in [0, 0.05) is 24.5 Å². The highest BCUT2D eigenvalue weighted by atomic mass is 32.1. The molecule has 0 aliphatic rings. The first-order chi connectivity index (χ1) is 9.77. The maximum Gasteiger partial charge on any atom is 0.0465 e. The number of hydrogen-bond donors (Lipinski definition) is 1. The normalized spacial score (nSPS) is 14.6. The molecule has 0 saturated heterocycles. The second kappa shape index (κ2) is 7.77. The van der Waals surface area contributed by atoms with Crippen molar-refractivity contribution in [3.05, 3.63) is 35.2 Å². The van der Waals surface area contributed by atoms with Gasteiger partial charge in [0.15, 0.2) is 0 Å². The molecular formula is C17H25NOS. The molecule has 0 saturated carbocycles. The van der Waals surface area contributed by atoms with Gasteiger partial charge in [-0.15, -0.1) is 11.3 Å². The molecule has 1 aromatic carbocycles. The molecule has 0 aliphatic heterocycles. The number of fused-ring (bicyclic) bond motifs is 1. The first-order valence-corrected chi connectivity index (χ1v) is 8.34. The molecule has 0 amide bonds. The monoisotopic (exact) mass is 291 g/mol. The Labute approximate surface area is 126 Å². The van der Waals surface area contributed by atoms with Crippen LogP contribution in [0, 0.1) is 5.92 Å². The highest BCUT2D eigenvalue weighted by Gasteiger charge is 2.21. The van der Waals surface area contributed by atoms with Crippen LogP contribution in [-0.4, -0.2) is 20.3 Å². The van der Waals surface area contributed by atoms with Crippen LogP contribution < -0.4 is 5.32 Å². The van der Waals surface area contributed by atoms with Crippen molar-refractivity contribution in [1.29, 1.82) is 0 Å². The first-order valence-electron chi connectivity index (χ1n) is 7.46. The lowest BCUT2D eigenvalue weighted by Gasteiger charge is -2.25. The fourth-order valence-corrected chi connectivity index (χ4v) is 3.62. The second-order valence-electron chi connectivity index (χ2n) is 5.38. The van der Waals surface area contributed by atoms with Crippen LogP contribution in [0.15, 0.2) is 29.6 Å². The summed E-state index contributed by atoms with van der Waals surface area (Å²) in [5.41, 5.74) is 1.45. The summed E-state index contributed by atoms with van der Waals surface area (Å²) in [6.07, 6.45) is 2.25. The Kier molecular flexibility index (Phi) is 6.02. The van der Waals surface area contributed by atoms with Crippen LogP contribution in [0.3, 0.4) is 0 Å². The van der Waals surface area contributed by atoms with Gasteiger partial charge in [-0.1, -0.05) is 32.0 Å². The van der Waals surface area contributed by atoms with Gasteiger partial charge in [-0.05, 0) is 47.7 Å². The van der Waals surface area contributed by atoms with E-state index in [1.54, 1.807) is 7.11 Å². The van der Waals surface area contributed by atoms with Gasteiger partial charge in [-0.2, -0.15) is 0 Å². The van der Waals surface area contributed by atoms with Crippen molar-refractivity contribution in [3.8, 4) is 0 Å². The number of rotatable bonds is 8. The summed E-state index contributed by atoms with van der Waals surface area (Å²) in [6.45, 7) is 6.42. The number of nitrogens with one attached hydrogen (secondary N) is 1. The smallest absolute Gasteiger partial charge is 0.0465 e. The van der Waals surface area contributed by atoms with E-state index in [1.807, 2.05) is 11.3 Å². The SMILES string of the molecule is CCCNC(c1csc2ccccc12)C(C)CCOC. The molecule has 2 atom stereocenters. The third kappa shape index (κ3) is 3.60. The van der Waals surface area contributed by atoms with Crippen molar-refractivity contribution in [2.75, 3.05) is 20.3 Å². The highest BCUT2D eigenvalue weighted by Crippen LogP contribution is 2.34. The Morgan fingerprint density at radius 3 is 2.85 bits per heavy atom. The zero-order chi connectivity index (χ0) is 14.4. The summed E-state index contributed by atoms with van der Waals surface area (Å²) in [6, 6.07) is 9.12. The van der Waals surface area contributed by atoms with Crippen LogP contribution in [0.25, 0.3) is 10.1 Å². The molecule has 1 heterocycles. The summed E-state index contributed by atoms with van der Waals surface area (Å²) in [5, 5.41) is 7.44. The standard InChI is InChI=1S/C17H25NOS/c1-4-10-18-17(13(2)9-11-19-3)15-12-20-16-8-6-5-7-14(15)16/h5-8,12-13,17-18H,4,9-11H2,1-3H3. The number of methoxy groups -OCH3 is 1. The highest BCUT2D eigenvalue weighted by molar-refractivity contribution is 7.17. The van der Waals surface area contributed by atoms with Gasteiger partial charge < -0.3 is 10.1 Å². The molecular weight excluding hydrogens is 266 g/mol. The van der Waals surface area contributed by atoms with Crippen LogP contribution in [0.4, 0.5) is 0 Å². The van der Waals surface area contributed by atoms with Crippen molar-refractivity contribution < 1.29 is 4.74 Å². The van der Waals surface area contributed by atoms with E-state index in [9.17, 15) is 0 Å². The van der Waals surface area contributed by atoms with Crippen LogP contribution in [0.2, 0.25) is 0 Å². The van der Waals surface area contributed by atoms with Gasteiger partial charge in [-0.3, -0.25) is 0 Å². The van der Waals surface area contributed by atoms with E-state index in [-0.39, 0.29) is 0 Å². The summed E-state index contributed by atoms with van der Waals surface area (Å²) in [7, 11) is 1.78. The Balaban J connectivity index is 2.25. The van der Waals surface area contributed by atoms with E-state index in [1.165, 1.54) is 15.6 Å². The van der Waals surface area contributed by atoms with Crippen LogP contribution in [0.5, 0.6) is 0 Å². The zero-order valence-electron chi connectivity index (χ0n) is 12.7. The molecule has 2 rings (SSSR count). The van der Waals surface area contributed by atoms with Crippen molar-refractivity contribution in [2.45, 2.75) is 32.7 Å². The summed E-state index contributed by atoms with van der Waals surface area (Å²) in [5.74, 6) is 0.569. The lowest BCUT2D eigenvalue weighted by molar-refractivity contribution is 0.170. The Morgan fingerprint density at radius 2 is 2.10 bits per heavy atom. The van der Waals surface area contributed by atoms with Crippen molar-refractivity contribution >= 4 is 21.4 Å². The van der Waals surface area contributed by atoms with Gasteiger partial charge in [0.2, 0.25) is 0 Å². The van der Waals surface area contributed by atoms with E-state index in [0.717, 1.165) is 26.0 Å². The molecule has 0 spiro atoms. The van der Waals surface area contributed by atoms with Crippen LogP contribution in [0.1, 0.15) is 38.3 Å². The molecule has 0 bridgehead atoms. The quantitative estimate of drug-likeness (QED) is 0.766. The zero-order valence-corrected chi connectivity index (χ0v) is 13.5. The maximum absolute atomic E-state index is 5.25. The van der Waals surface area contributed by atoms with Crippen molar-refractivity contribution in [2.24, 2.45) is 5.92 Å². The molecule has 0 fully saturated rings. The number of hydrogen-bond acceptors (Lipinski definition) is 3. The molecule has 2 nitrogen and oxygen atoms in total. The second-order valence-corrected chi connectivity index (χ2v) is 6.29. The predicted octanol–water partition coefficient (Wildman–Crippen LogP) is 4.61. The maximum atomic E-state index is 5.25. The summed E-state index contributed by atoms with van der Waals surface area (Å²) < 4.78 is 6.63. The molecule has 20 heavy (non-hydrogen) atoms. The number of thiophene rings is 1. The van der Waals surface area contributed by atoms with Gasteiger partial charge >= 0.3 is 0 Å². The minimum atomic E-state index is 0.418. The minimum absolute atomic E-state index is 0.418. The molecule has 3 heteroatoms. The third-order valence-corrected chi connectivity index (χ3v) is 4.79. The largest absolute Gasteiger partial charge is 0.385 e. The third-order valence-electron chi connectivity index (χ3n) is 3.81. The molecule has 110 valence electrons. The van der Waals surface area contributed by atoms with E-state index >= 15 is 0 Å². The van der Waals surface area contributed by atoms with Gasteiger partial charge in [0.1, 0.15) is 0 Å². The molecule has 1 aromatic heterocycles. The molecule has 2 unspecified atom stereocenters. The Hall–Kier alpha value is -0.900. The Bertz CT molecular complexity index is 522.